The number of aryl methyl sites for hydroxylation is 1. The second kappa shape index (κ2) is 5.80. The van der Waals surface area contributed by atoms with E-state index in [0.717, 1.165) is 17.6 Å². The average Bonchev–Trinajstić information content (AvgIpc) is 2.22. The van der Waals surface area contributed by atoms with Gasteiger partial charge in [-0.05, 0) is 30.2 Å². The lowest BCUT2D eigenvalue weighted by Crippen LogP contribution is -2.36. The lowest BCUT2D eigenvalue weighted by Gasteiger charge is -2.27. The lowest BCUT2D eigenvalue weighted by atomic mass is 9.82. The molecule has 2 nitrogen and oxygen atoms in total. The van der Waals surface area contributed by atoms with Crippen molar-refractivity contribution in [2.24, 2.45) is 5.73 Å². The smallest absolute Gasteiger partial charge is 0.0178 e. The summed E-state index contributed by atoms with van der Waals surface area (Å²) < 4.78 is 1.14. The number of benzene rings is 1. The third kappa shape index (κ3) is 3.58. The van der Waals surface area contributed by atoms with E-state index in [1.807, 2.05) is 0 Å². The molecular formula is C13H21BrN2. The van der Waals surface area contributed by atoms with Gasteiger partial charge in [0, 0.05) is 29.5 Å². The van der Waals surface area contributed by atoms with Crippen LogP contribution in [0.5, 0.6) is 0 Å². The molecule has 0 saturated carbocycles. The van der Waals surface area contributed by atoms with Crippen LogP contribution >= 0.6 is 15.9 Å². The molecule has 90 valence electrons. The van der Waals surface area contributed by atoms with E-state index >= 15 is 0 Å². The summed E-state index contributed by atoms with van der Waals surface area (Å²) in [6.07, 6.45) is 0. The van der Waals surface area contributed by atoms with Crippen molar-refractivity contribution in [2.45, 2.75) is 26.2 Å². The topological polar surface area (TPSA) is 38.0 Å². The second-order valence-electron chi connectivity index (χ2n) is 4.81. The van der Waals surface area contributed by atoms with E-state index in [1.165, 1.54) is 11.1 Å². The first-order chi connectivity index (χ1) is 7.47. The maximum absolute atomic E-state index is 5.48. The largest absolute Gasteiger partial charge is 0.329 e. The highest BCUT2D eigenvalue weighted by atomic mass is 79.9. The van der Waals surface area contributed by atoms with Gasteiger partial charge in [0.1, 0.15) is 0 Å². The van der Waals surface area contributed by atoms with Crippen LogP contribution in [0.3, 0.4) is 0 Å². The number of hydrogen-bond acceptors (Lipinski definition) is 2. The fourth-order valence-corrected chi connectivity index (χ4v) is 2.28. The highest BCUT2D eigenvalue weighted by Gasteiger charge is 2.22. The van der Waals surface area contributed by atoms with Gasteiger partial charge >= 0.3 is 0 Å². The summed E-state index contributed by atoms with van der Waals surface area (Å²) in [7, 11) is 0. The highest BCUT2D eigenvalue weighted by Crippen LogP contribution is 2.28. The molecule has 16 heavy (non-hydrogen) atoms. The van der Waals surface area contributed by atoms with Crippen LogP contribution in [-0.4, -0.2) is 19.6 Å². The van der Waals surface area contributed by atoms with Gasteiger partial charge in [-0.25, -0.2) is 0 Å². The lowest BCUT2D eigenvalue weighted by molar-refractivity contribution is 0.471. The summed E-state index contributed by atoms with van der Waals surface area (Å²) in [5.41, 5.74) is 8.33. The van der Waals surface area contributed by atoms with Crippen LogP contribution in [-0.2, 0) is 5.41 Å². The van der Waals surface area contributed by atoms with Crippen molar-refractivity contribution in [1.29, 1.82) is 0 Å². The Balaban J connectivity index is 2.83. The molecular weight excluding hydrogens is 264 g/mol. The fraction of sp³-hybridized carbons (Fsp3) is 0.538. The quantitative estimate of drug-likeness (QED) is 0.816. The average molecular weight is 285 g/mol. The van der Waals surface area contributed by atoms with E-state index in [1.54, 1.807) is 0 Å². The van der Waals surface area contributed by atoms with Crippen molar-refractivity contribution < 1.29 is 0 Å². The van der Waals surface area contributed by atoms with Gasteiger partial charge < -0.3 is 11.1 Å². The minimum absolute atomic E-state index is 0.128. The number of nitrogens with one attached hydrogen (secondary N) is 1. The van der Waals surface area contributed by atoms with E-state index in [9.17, 15) is 0 Å². The van der Waals surface area contributed by atoms with Gasteiger partial charge in [-0.15, -0.1) is 0 Å². The first-order valence-electron chi connectivity index (χ1n) is 5.65. The van der Waals surface area contributed by atoms with Crippen LogP contribution in [0.2, 0.25) is 0 Å². The summed E-state index contributed by atoms with van der Waals surface area (Å²) >= 11 is 3.53. The van der Waals surface area contributed by atoms with Crippen LogP contribution in [0.1, 0.15) is 25.0 Å². The van der Waals surface area contributed by atoms with Gasteiger partial charge in [0.25, 0.3) is 0 Å². The van der Waals surface area contributed by atoms with Crippen molar-refractivity contribution in [2.75, 3.05) is 19.6 Å². The molecule has 0 fully saturated rings. The number of rotatable bonds is 5. The Morgan fingerprint density at radius 3 is 2.69 bits per heavy atom. The molecule has 0 aliphatic rings. The number of halogens is 1. The van der Waals surface area contributed by atoms with Crippen molar-refractivity contribution >= 4 is 15.9 Å². The summed E-state index contributed by atoms with van der Waals surface area (Å²) in [6.45, 7) is 9.18. The van der Waals surface area contributed by atoms with Crippen molar-refractivity contribution in [3.63, 3.8) is 0 Å². The Hall–Kier alpha value is -0.380. The molecule has 1 aromatic rings. The molecule has 0 aromatic heterocycles. The standard InChI is InChI=1S/C13H21BrN2/c1-10-4-5-11(14)8-12(10)13(2,3)9-16-7-6-15/h4-5,8,16H,6-7,9,15H2,1-3H3. The Labute approximate surface area is 107 Å². The maximum atomic E-state index is 5.48. The Morgan fingerprint density at radius 2 is 2.06 bits per heavy atom. The van der Waals surface area contributed by atoms with Crippen LogP contribution < -0.4 is 11.1 Å². The molecule has 3 N–H and O–H groups in total. The minimum atomic E-state index is 0.128. The molecule has 0 unspecified atom stereocenters. The predicted molar refractivity (Wildman–Crippen MR) is 73.8 cm³/mol. The minimum Gasteiger partial charge on any atom is -0.329 e. The van der Waals surface area contributed by atoms with E-state index < -0.39 is 0 Å². The summed E-state index contributed by atoms with van der Waals surface area (Å²) in [5, 5.41) is 3.38. The molecule has 0 spiro atoms. The molecule has 0 amide bonds. The zero-order chi connectivity index (χ0) is 12.2. The Morgan fingerprint density at radius 1 is 1.38 bits per heavy atom. The van der Waals surface area contributed by atoms with Crippen LogP contribution in [0, 0.1) is 6.92 Å². The zero-order valence-electron chi connectivity index (χ0n) is 10.3. The molecule has 0 aliphatic heterocycles. The molecule has 0 heterocycles. The van der Waals surface area contributed by atoms with Crippen LogP contribution in [0.4, 0.5) is 0 Å². The molecule has 1 aromatic carbocycles. The second-order valence-corrected chi connectivity index (χ2v) is 5.72. The number of nitrogens with two attached hydrogens (primary N) is 1. The summed E-state index contributed by atoms with van der Waals surface area (Å²) in [6, 6.07) is 6.45. The number of hydrogen-bond donors (Lipinski definition) is 2. The molecule has 0 atom stereocenters. The van der Waals surface area contributed by atoms with E-state index in [4.69, 9.17) is 5.73 Å². The molecule has 1 rings (SSSR count). The van der Waals surface area contributed by atoms with Crippen LogP contribution in [0.15, 0.2) is 22.7 Å². The molecule has 0 bridgehead atoms. The van der Waals surface area contributed by atoms with E-state index in [2.05, 4.69) is 60.2 Å². The van der Waals surface area contributed by atoms with Gasteiger partial charge in [-0.3, -0.25) is 0 Å². The first kappa shape index (κ1) is 13.7. The van der Waals surface area contributed by atoms with Crippen molar-refractivity contribution in [1.82, 2.24) is 5.32 Å². The third-order valence-corrected chi connectivity index (χ3v) is 3.31. The SMILES string of the molecule is Cc1ccc(Br)cc1C(C)(C)CNCCN. The zero-order valence-corrected chi connectivity index (χ0v) is 11.9. The van der Waals surface area contributed by atoms with E-state index in [-0.39, 0.29) is 5.41 Å². The van der Waals surface area contributed by atoms with Gasteiger partial charge in [0.05, 0.1) is 0 Å². The maximum Gasteiger partial charge on any atom is 0.0178 e. The van der Waals surface area contributed by atoms with Gasteiger partial charge in [-0.1, -0.05) is 35.8 Å². The van der Waals surface area contributed by atoms with E-state index in [0.29, 0.717) is 6.54 Å². The van der Waals surface area contributed by atoms with Gasteiger partial charge in [0.2, 0.25) is 0 Å². The highest BCUT2D eigenvalue weighted by molar-refractivity contribution is 9.10. The van der Waals surface area contributed by atoms with Crippen molar-refractivity contribution in [3.05, 3.63) is 33.8 Å². The molecule has 0 saturated heterocycles. The van der Waals surface area contributed by atoms with Crippen LogP contribution in [0.25, 0.3) is 0 Å². The fourth-order valence-electron chi connectivity index (χ4n) is 1.92. The van der Waals surface area contributed by atoms with Gasteiger partial charge in [-0.2, -0.15) is 0 Å². The molecule has 3 heteroatoms. The predicted octanol–water partition coefficient (Wildman–Crippen LogP) is 2.58. The monoisotopic (exact) mass is 284 g/mol. The molecule has 0 radical (unpaired) electrons. The normalized spacial score (nSPS) is 11.8. The first-order valence-corrected chi connectivity index (χ1v) is 6.44. The summed E-state index contributed by atoms with van der Waals surface area (Å²) in [5.74, 6) is 0. The molecule has 0 aliphatic carbocycles. The summed E-state index contributed by atoms with van der Waals surface area (Å²) in [4.78, 5) is 0. The van der Waals surface area contributed by atoms with Gasteiger partial charge in [0.15, 0.2) is 0 Å². The van der Waals surface area contributed by atoms with Crippen molar-refractivity contribution in [3.8, 4) is 0 Å². The third-order valence-electron chi connectivity index (χ3n) is 2.82. The Bertz CT molecular complexity index is 348. The Kier molecular flexibility index (Phi) is 4.96.